The van der Waals surface area contributed by atoms with E-state index in [1.165, 1.54) is 0 Å². The van der Waals surface area contributed by atoms with Gasteiger partial charge in [0, 0.05) is 32.7 Å². The molecule has 18 heavy (non-hydrogen) atoms. The molecule has 0 radical (unpaired) electrons. The fourth-order valence-corrected chi connectivity index (χ4v) is 1.63. The summed E-state index contributed by atoms with van der Waals surface area (Å²) in [4.78, 5) is 4.47. The van der Waals surface area contributed by atoms with Crippen molar-refractivity contribution in [1.82, 2.24) is 9.80 Å². The van der Waals surface area contributed by atoms with E-state index in [9.17, 15) is 0 Å². The van der Waals surface area contributed by atoms with Crippen molar-refractivity contribution in [2.75, 3.05) is 32.7 Å². The van der Waals surface area contributed by atoms with Gasteiger partial charge < -0.3 is 4.90 Å². The Balaban J connectivity index is 4.02. The Morgan fingerprint density at radius 2 is 1.22 bits per heavy atom. The second-order valence-corrected chi connectivity index (χ2v) is 4.04. The van der Waals surface area contributed by atoms with Crippen LogP contribution in [0.2, 0.25) is 0 Å². The lowest BCUT2D eigenvalue weighted by Crippen LogP contribution is -2.24. The second-order valence-electron chi connectivity index (χ2n) is 4.04. The van der Waals surface area contributed by atoms with Gasteiger partial charge in [0.2, 0.25) is 0 Å². The molecule has 0 amide bonds. The first-order valence-electron chi connectivity index (χ1n) is 6.35. The molecular formula is C16H26N2. The molecule has 100 valence electrons. The average Bonchev–Trinajstić information content (AvgIpc) is 2.35. The molecule has 2 heteroatoms. The van der Waals surface area contributed by atoms with Crippen molar-refractivity contribution in [3.63, 3.8) is 0 Å². The maximum atomic E-state index is 3.76. The zero-order valence-electron chi connectivity index (χ0n) is 11.4. The lowest BCUT2D eigenvalue weighted by atomic mass is 10.3. The summed E-state index contributed by atoms with van der Waals surface area (Å²) in [5.74, 6) is 0. The van der Waals surface area contributed by atoms with E-state index in [2.05, 4.69) is 48.4 Å². The van der Waals surface area contributed by atoms with Crippen molar-refractivity contribution >= 4 is 0 Å². The van der Waals surface area contributed by atoms with E-state index in [-0.39, 0.29) is 0 Å². The van der Waals surface area contributed by atoms with Crippen LogP contribution in [0, 0.1) is 0 Å². The van der Waals surface area contributed by atoms with E-state index in [1.54, 1.807) is 0 Å². The van der Waals surface area contributed by atoms with Gasteiger partial charge in [-0.2, -0.15) is 0 Å². The Morgan fingerprint density at radius 1 is 0.722 bits per heavy atom. The van der Waals surface area contributed by atoms with Crippen LogP contribution < -0.4 is 0 Å². The van der Waals surface area contributed by atoms with Crippen LogP contribution in [0.3, 0.4) is 0 Å². The molecule has 0 spiro atoms. The molecule has 0 atom stereocenters. The Labute approximate surface area is 112 Å². The van der Waals surface area contributed by atoms with Gasteiger partial charge in [-0.15, -0.1) is 26.3 Å². The monoisotopic (exact) mass is 246 g/mol. The van der Waals surface area contributed by atoms with Crippen molar-refractivity contribution in [3.8, 4) is 0 Å². The average molecular weight is 246 g/mol. The number of rotatable bonds is 12. The van der Waals surface area contributed by atoms with Crippen LogP contribution in [0.4, 0.5) is 0 Å². The SMILES string of the molecule is C=CCN(C=CCCN(CC=C)CC=C)CC=C. The summed E-state index contributed by atoms with van der Waals surface area (Å²) < 4.78 is 0. The smallest absolute Gasteiger partial charge is 0.0354 e. The third kappa shape index (κ3) is 8.59. The Hall–Kier alpha value is -1.54. The molecule has 0 fully saturated rings. The van der Waals surface area contributed by atoms with E-state index < -0.39 is 0 Å². The van der Waals surface area contributed by atoms with Crippen molar-refractivity contribution in [2.24, 2.45) is 0 Å². The summed E-state index contributed by atoms with van der Waals surface area (Å²) in [6.07, 6.45) is 13.0. The van der Waals surface area contributed by atoms with Gasteiger partial charge in [0.25, 0.3) is 0 Å². The van der Waals surface area contributed by atoms with Crippen LogP contribution in [0.25, 0.3) is 0 Å². The molecule has 0 unspecified atom stereocenters. The van der Waals surface area contributed by atoms with Gasteiger partial charge in [0.05, 0.1) is 0 Å². The number of hydrogen-bond acceptors (Lipinski definition) is 2. The minimum Gasteiger partial charge on any atom is -0.370 e. The van der Waals surface area contributed by atoms with Crippen molar-refractivity contribution in [2.45, 2.75) is 6.42 Å². The van der Waals surface area contributed by atoms with Crippen LogP contribution in [0.5, 0.6) is 0 Å². The first kappa shape index (κ1) is 16.5. The molecule has 0 aromatic heterocycles. The summed E-state index contributed by atoms with van der Waals surface area (Å²) in [5, 5.41) is 0. The molecule has 0 rings (SSSR count). The van der Waals surface area contributed by atoms with Gasteiger partial charge in [-0.1, -0.05) is 30.4 Å². The highest BCUT2D eigenvalue weighted by atomic mass is 15.1. The molecule has 0 aliphatic rings. The first-order valence-corrected chi connectivity index (χ1v) is 6.35. The topological polar surface area (TPSA) is 6.48 Å². The minimum absolute atomic E-state index is 0.853. The van der Waals surface area contributed by atoms with Crippen molar-refractivity contribution < 1.29 is 0 Å². The minimum atomic E-state index is 0.853. The van der Waals surface area contributed by atoms with Crippen LogP contribution in [-0.2, 0) is 0 Å². The normalized spacial score (nSPS) is 10.5. The molecular weight excluding hydrogens is 220 g/mol. The molecule has 0 aliphatic carbocycles. The van der Waals surface area contributed by atoms with Gasteiger partial charge >= 0.3 is 0 Å². The standard InChI is InChI=1S/C16H26N2/c1-5-11-17(12-6-2)15-9-10-16-18(13-7-3)14-8-4/h5-9,15H,1-4,10-14,16H2. The maximum absolute atomic E-state index is 3.76. The van der Waals surface area contributed by atoms with Crippen LogP contribution >= 0.6 is 0 Å². The highest BCUT2D eigenvalue weighted by Gasteiger charge is 1.98. The van der Waals surface area contributed by atoms with E-state index in [0.29, 0.717) is 0 Å². The van der Waals surface area contributed by atoms with Crippen molar-refractivity contribution in [3.05, 3.63) is 62.9 Å². The van der Waals surface area contributed by atoms with Crippen LogP contribution in [0.15, 0.2) is 62.9 Å². The Morgan fingerprint density at radius 3 is 1.67 bits per heavy atom. The number of nitrogens with zero attached hydrogens (tertiary/aromatic N) is 2. The summed E-state index contributed by atoms with van der Waals surface area (Å²) in [6.45, 7) is 19.6. The highest BCUT2D eigenvalue weighted by Crippen LogP contribution is 1.97. The Bertz CT molecular complexity index is 259. The zero-order valence-corrected chi connectivity index (χ0v) is 11.4. The quantitative estimate of drug-likeness (QED) is 0.488. The summed E-state index contributed by atoms with van der Waals surface area (Å²) in [7, 11) is 0. The predicted octanol–water partition coefficient (Wildman–Crippen LogP) is 3.24. The van der Waals surface area contributed by atoms with E-state index in [0.717, 1.165) is 39.1 Å². The molecule has 0 aliphatic heterocycles. The lowest BCUT2D eigenvalue weighted by molar-refractivity contribution is 0.341. The maximum Gasteiger partial charge on any atom is 0.0354 e. The summed E-state index contributed by atoms with van der Waals surface area (Å²) in [5.41, 5.74) is 0. The second kappa shape index (κ2) is 11.9. The largest absolute Gasteiger partial charge is 0.370 e. The lowest BCUT2D eigenvalue weighted by Gasteiger charge is -2.18. The molecule has 0 saturated carbocycles. The van der Waals surface area contributed by atoms with Crippen molar-refractivity contribution in [1.29, 1.82) is 0 Å². The van der Waals surface area contributed by atoms with Gasteiger partial charge in [0.15, 0.2) is 0 Å². The fourth-order valence-electron chi connectivity index (χ4n) is 1.63. The van der Waals surface area contributed by atoms with Gasteiger partial charge in [-0.05, 0) is 12.6 Å². The first-order chi connectivity index (χ1) is 8.78. The summed E-state index contributed by atoms with van der Waals surface area (Å²) >= 11 is 0. The molecule has 0 N–H and O–H groups in total. The van der Waals surface area contributed by atoms with Gasteiger partial charge in [-0.25, -0.2) is 0 Å². The molecule has 2 nitrogen and oxygen atoms in total. The molecule has 0 aromatic carbocycles. The van der Waals surface area contributed by atoms with E-state index in [1.807, 2.05) is 24.3 Å². The molecule has 0 aromatic rings. The van der Waals surface area contributed by atoms with Gasteiger partial charge in [0.1, 0.15) is 0 Å². The molecule has 0 bridgehead atoms. The molecule has 0 saturated heterocycles. The highest BCUT2D eigenvalue weighted by molar-refractivity contribution is 4.91. The third-order valence-electron chi connectivity index (χ3n) is 2.43. The summed E-state index contributed by atoms with van der Waals surface area (Å²) in [6, 6.07) is 0. The zero-order chi connectivity index (χ0) is 13.6. The van der Waals surface area contributed by atoms with Crippen LogP contribution in [-0.4, -0.2) is 42.5 Å². The van der Waals surface area contributed by atoms with Crippen LogP contribution in [0.1, 0.15) is 6.42 Å². The Kier molecular flexibility index (Phi) is 10.9. The van der Waals surface area contributed by atoms with E-state index in [4.69, 9.17) is 0 Å². The van der Waals surface area contributed by atoms with E-state index >= 15 is 0 Å². The molecule has 0 heterocycles. The van der Waals surface area contributed by atoms with Gasteiger partial charge in [-0.3, -0.25) is 4.90 Å². The number of hydrogen-bond donors (Lipinski definition) is 0. The third-order valence-corrected chi connectivity index (χ3v) is 2.43. The predicted molar refractivity (Wildman–Crippen MR) is 82.6 cm³/mol. The fraction of sp³-hybridized carbons (Fsp3) is 0.375.